The van der Waals surface area contributed by atoms with E-state index in [0.717, 1.165) is 5.56 Å². The second-order valence-electron chi connectivity index (χ2n) is 4.55. The Morgan fingerprint density at radius 3 is 2.62 bits per heavy atom. The molecule has 0 N–H and O–H groups in total. The molecule has 0 aliphatic carbocycles. The molecule has 0 saturated carbocycles. The Kier molecular flexibility index (Phi) is 3.36. The first-order chi connectivity index (χ1) is 10.2. The number of ether oxygens (including phenoxy) is 3. The van der Waals surface area contributed by atoms with Gasteiger partial charge in [-0.15, -0.1) is 0 Å². The minimum atomic E-state index is -0.394. The summed E-state index contributed by atoms with van der Waals surface area (Å²) in [5.41, 5.74) is 1.98. The van der Waals surface area contributed by atoms with Gasteiger partial charge in [0.2, 0.25) is 0 Å². The second-order valence-corrected chi connectivity index (χ2v) is 4.55. The van der Waals surface area contributed by atoms with Gasteiger partial charge in [-0.25, -0.2) is 4.79 Å². The molecule has 0 fully saturated rings. The van der Waals surface area contributed by atoms with Crippen LogP contribution in [-0.4, -0.2) is 20.2 Å². The van der Waals surface area contributed by atoms with Crippen LogP contribution in [0, 0.1) is 0 Å². The van der Waals surface area contributed by atoms with E-state index in [-0.39, 0.29) is 0 Å². The smallest absolute Gasteiger partial charge is 0.338 e. The van der Waals surface area contributed by atoms with Gasteiger partial charge < -0.3 is 14.2 Å². The van der Waals surface area contributed by atoms with E-state index >= 15 is 0 Å². The third kappa shape index (κ3) is 2.36. The summed E-state index contributed by atoms with van der Waals surface area (Å²) in [6, 6.07) is 12.8. The number of rotatable bonds is 2. The van der Waals surface area contributed by atoms with Gasteiger partial charge >= 0.3 is 5.97 Å². The van der Waals surface area contributed by atoms with Crippen LogP contribution in [0.15, 0.2) is 42.5 Å². The van der Waals surface area contributed by atoms with Crippen molar-refractivity contribution >= 4 is 17.6 Å². The Balaban J connectivity index is 2.22. The van der Waals surface area contributed by atoms with Crippen molar-refractivity contribution in [3.63, 3.8) is 0 Å². The number of methoxy groups -OCH3 is 2. The SMILES string of the molecule is COC(=O)C1=Cc2ccc(OC)cc2Oc2ccccc21. The van der Waals surface area contributed by atoms with Gasteiger partial charge in [0, 0.05) is 17.2 Å². The standard InChI is InChI=1S/C17H14O4/c1-19-12-8-7-11-9-14(17(18)20-2)13-5-3-4-6-15(13)21-16(11)10-12/h3-10H,1-2H3. The number of benzene rings is 2. The predicted molar refractivity (Wildman–Crippen MR) is 79.4 cm³/mol. The van der Waals surface area contributed by atoms with Crippen LogP contribution in [-0.2, 0) is 9.53 Å². The van der Waals surface area contributed by atoms with E-state index in [1.807, 2.05) is 36.4 Å². The lowest BCUT2D eigenvalue weighted by atomic mass is 10.0. The van der Waals surface area contributed by atoms with Crippen LogP contribution in [0.25, 0.3) is 11.6 Å². The van der Waals surface area contributed by atoms with Crippen molar-refractivity contribution < 1.29 is 19.0 Å². The molecule has 0 aromatic heterocycles. The first-order valence-corrected chi connectivity index (χ1v) is 6.48. The zero-order valence-electron chi connectivity index (χ0n) is 11.8. The molecular weight excluding hydrogens is 268 g/mol. The number of fused-ring (bicyclic) bond motifs is 2. The summed E-state index contributed by atoms with van der Waals surface area (Å²) in [6.07, 6.45) is 1.77. The minimum absolute atomic E-state index is 0.394. The normalized spacial score (nSPS) is 12.2. The molecule has 1 heterocycles. The molecule has 0 radical (unpaired) electrons. The molecule has 21 heavy (non-hydrogen) atoms. The maximum atomic E-state index is 12.0. The molecule has 0 amide bonds. The van der Waals surface area contributed by atoms with Crippen LogP contribution in [0.1, 0.15) is 11.1 Å². The minimum Gasteiger partial charge on any atom is -0.497 e. The van der Waals surface area contributed by atoms with Gasteiger partial charge in [-0.2, -0.15) is 0 Å². The molecule has 3 rings (SSSR count). The summed E-state index contributed by atoms with van der Waals surface area (Å²) in [4.78, 5) is 12.0. The molecule has 0 bridgehead atoms. The number of carbonyl (C=O) groups excluding carboxylic acids is 1. The van der Waals surface area contributed by atoms with Gasteiger partial charge in [0.15, 0.2) is 0 Å². The Morgan fingerprint density at radius 1 is 1.05 bits per heavy atom. The van der Waals surface area contributed by atoms with Gasteiger partial charge in [-0.3, -0.25) is 0 Å². The number of hydrogen-bond donors (Lipinski definition) is 0. The van der Waals surface area contributed by atoms with Crippen LogP contribution in [0.4, 0.5) is 0 Å². The summed E-state index contributed by atoms with van der Waals surface area (Å²) in [6.45, 7) is 0. The van der Waals surface area contributed by atoms with E-state index in [1.165, 1.54) is 7.11 Å². The van der Waals surface area contributed by atoms with Crippen LogP contribution in [0.2, 0.25) is 0 Å². The van der Waals surface area contributed by atoms with Crippen molar-refractivity contribution in [1.82, 2.24) is 0 Å². The molecule has 4 nitrogen and oxygen atoms in total. The van der Waals surface area contributed by atoms with E-state index in [9.17, 15) is 4.79 Å². The van der Waals surface area contributed by atoms with E-state index in [2.05, 4.69) is 0 Å². The lowest BCUT2D eigenvalue weighted by Crippen LogP contribution is -2.03. The average molecular weight is 282 g/mol. The molecular formula is C17H14O4. The van der Waals surface area contributed by atoms with Crippen molar-refractivity contribution in [1.29, 1.82) is 0 Å². The van der Waals surface area contributed by atoms with E-state index in [0.29, 0.717) is 28.4 Å². The van der Waals surface area contributed by atoms with Gasteiger partial charge in [-0.05, 0) is 24.3 Å². The topological polar surface area (TPSA) is 44.8 Å². The van der Waals surface area contributed by atoms with Crippen LogP contribution >= 0.6 is 0 Å². The summed E-state index contributed by atoms with van der Waals surface area (Å²) >= 11 is 0. The maximum Gasteiger partial charge on any atom is 0.338 e. The van der Waals surface area contributed by atoms with E-state index in [1.54, 1.807) is 19.3 Å². The molecule has 1 aliphatic rings. The maximum absolute atomic E-state index is 12.0. The fourth-order valence-corrected chi connectivity index (χ4v) is 2.26. The Bertz CT molecular complexity index is 731. The number of carbonyl (C=O) groups is 1. The largest absolute Gasteiger partial charge is 0.497 e. The number of esters is 1. The van der Waals surface area contributed by atoms with E-state index < -0.39 is 5.97 Å². The summed E-state index contributed by atoms with van der Waals surface area (Å²) in [7, 11) is 2.97. The fraction of sp³-hybridized carbons (Fsp3) is 0.118. The Labute approximate surface area is 122 Å². The molecule has 0 unspecified atom stereocenters. The summed E-state index contributed by atoms with van der Waals surface area (Å²) in [5, 5.41) is 0. The molecule has 106 valence electrons. The first-order valence-electron chi connectivity index (χ1n) is 6.48. The van der Waals surface area contributed by atoms with Crippen LogP contribution in [0.3, 0.4) is 0 Å². The molecule has 1 aliphatic heterocycles. The highest BCUT2D eigenvalue weighted by Crippen LogP contribution is 2.39. The zero-order chi connectivity index (χ0) is 14.8. The number of hydrogen-bond acceptors (Lipinski definition) is 4. The van der Waals surface area contributed by atoms with Gasteiger partial charge in [0.25, 0.3) is 0 Å². The average Bonchev–Trinajstić information content (AvgIpc) is 2.69. The highest BCUT2D eigenvalue weighted by molar-refractivity contribution is 6.22. The summed E-state index contributed by atoms with van der Waals surface area (Å²) < 4.78 is 16.0. The van der Waals surface area contributed by atoms with Crippen LogP contribution in [0.5, 0.6) is 17.2 Å². The Hall–Kier alpha value is -2.75. The lowest BCUT2D eigenvalue weighted by molar-refractivity contribution is -0.133. The quantitative estimate of drug-likeness (QED) is 0.791. The second kappa shape index (κ2) is 5.32. The molecule has 4 heteroatoms. The van der Waals surface area contributed by atoms with Crippen molar-refractivity contribution in [2.75, 3.05) is 14.2 Å². The van der Waals surface area contributed by atoms with Gasteiger partial charge in [0.05, 0.1) is 19.8 Å². The molecule has 0 saturated heterocycles. The summed E-state index contributed by atoms with van der Waals surface area (Å²) in [5.74, 6) is 1.55. The first kappa shape index (κ1) is 13.2. The molecule has 2 aromatic rings. The van der Waals surface area contributed by atoms with Gasteiger partial charge in [-0.1, -0.05) is 18.2 Å². The van der Waals surface area contributed by atoms with Crippen molar-refractivity contribution in [2.45, 2.75) is 0 Å². The van der Waals surface area contributed by atoms with Gasteiger partial charge in [0.1, 0.15) is 17.2 Å². The highest BCUT2D eigenvalue weighted by atomic mass is 16.5. The van der Waals surface area contributed by atoms with Crippen LogP contribution < -0.4 is 9.47 Å². The van der Waals surface area contributed by atoms with E-state index in [4.69, 9.17) is 14.2 Å². The molecule has 0 atom stereocenters. The van der Waals surface area contributed by atoms with Crippen molar-refractivity contribution in [2.24, 2.45) is 0 Å². The van der Waals surface area contributed by atoms with Crippen molar-refractivity contribution in [3.05, 3.63) is 53.6 Å². The highest BCUT2D eigenvalue weighted by Gasteiger charge is 2.22. The monoisotopic (exact) mass is 282 g/mol. The predicted octanol–water partition coefficient (Wildman–Crippen LogP) is 3.51. The Morgan fingerprint density at radius 2 is 1.86 bits per heavy atom. The molecule has 0 spiro atoms. The lowest BCUT2D eigenvalue weighted by Gasteiger charge is -2.10. The third-order valence-corrected chi connectivity index (χ3v) is 3.32. The van der Waals surface area contributed by atoms with Crippen molar-refractivity contribution in [3.8, 4) is 17.2 Å². The fourth-order valence-electron chi connectivity index (χ4n) is 2.26. The third-order valence-electron chi connectivity index (χ3n) is 3.32. The number of para-hydroxylation sites is 1. The zero-order valence-corrected chi connectivity index (χ0v) is 11.8. The molecule has 2 aromatic carbocycles.